The number of hydrogen-bond acceptors (Lipinski definition) is 5. The molecule has 6 heteroatoms. The van der Waals surface area contributed by atoms with Gasteiger partial charge in [0, 0.05) is 40.3 Å². The predicted molar refractivity (Wildman–Crippen MR) is 113 cm³/mol. The van der Waals surface area contributed by atoms with Crippen LogP contribution in [0.25, 0.3) is 10.8 Å². The fourth-order valence-electron chi connectivity index (χ4n) is 3.63. The van der Waals surface area contributed by atoms with Crippen LogP contribution < -0.4 is 9.80 Å². The van der Waals surface area contributed by atoms with Crippen LogP contribution >= 0.6 is 0 Å². The second-order valence-electron chi connectivity index (χ2n) is 7.33. The van der Waals surface area contributed by atoms with Crippen LogP contribution in [0.3, 0.4) is 0 Å². The highest BCUT2D eigenvalue weighted by Gasteiger charge is 2.22. The zero-order chi connectivity index (χ0) is 19.5. The van der Waals surface area contributed by atoms with Crippen LogP contribution in [-0.4, -0.2) is 61.3 Å². The highest BCUT2D eigenvalue weighted by Crippen LogP contribution is 2.20. The van der Waals surface area contributed by atoms with Gasteiger partial charge in [-0.2, -0.15) is 0 Å². The van der Waals surface area contributed by atoms with E-state index < -0.39 is 0 Å². The maximum absolute atomic E-state index is 12.8. The molecule has 0 bridgehead atoms. The third kappa shape index (κ3) is 3.76. The molecule has 1 aliphatic heterocycles. The van der Waals surface area contributed by atoms with Crippen LogP contribution in [0.2, 0.25) is 0 Å². The van der Waals surface area contributed by atoms with Crippen molar-refractivity contribution in [3.63, 3.8) is 0 Å². The van der Waals surface area contributed by atoms with Crippen molar-refractivity contribution < 1.29 is 4.79 Å². The smallest absolute Gasteiger partial charge is 0.227 e. The summed E-state index contributed by atoms with van der Waals surface area (Å²) in [6, 6.07) is 18.4. The van der Waals surface area contributed by atoms with Crippen molar-refractivity contribution in [1.82, 2.24) is 15.1 Å². The molecular weight excluding hydrogens is 350 g/mol. The van der Waals surface area contributed by atoms with Gasteiger partial charge in [-0.15, -0.1) is 10.2 Å². The van der Waals surface area contributed by atoms with Crippen molar-refractivity contribution in [2.75, 3.05) is 50.1 Å². The average molecular weight is 375 g/mol. The van der Waals surface area contributed by atoms with Gasteiger partial charge in [-0.05, 0) is 28.5 Å². The molecule has 0 N–H and O–H groups in total. The topological polar surface area (TPSA) is 52.6 Å². The lowest BCUT2D eigenvalue weighted by atomic mass is 10.0. The number of aromatic nitrogens is 2. The molecule has 0 radical (unpaired) electrons. The van der Waals surface area contributed by atoms with Gasteiger partial charge in [-0.3, -0.25) is 4.79 Å². The first-order valence-electron chi connectivity index (χ1n) is 9.62. The monoisotopic (exact) mass is 375 g/mol. The van der Waals surface area contributed by atoms with E-state index in [4.69, 9.17) is 0 Å². The number of fused-ring (bicyclic) bond motifs is 1. The molecule has 0 aliphatic carbocycles. The van der Waals surface area contributed by atoms with Gasteiger partial charge in [-0.25, -0.2) is 0 Å². The molecule has 1 saturated heterocycles. The lowest BCUT2D eigenvalue weighted by Crippen LogP contribution is -2.49. The molecule has 2 heterocycles. The Morgan fingerprint density at radius 3 is 2.39 bits per heavy atom. The van der Waals surface area contributed by atoms with Crippen molar-refractivity contribution >= 4 is 28.3 Å². The Kier molecular flexibility index (Phi) is 5.10. The second-order valence-corrected chi connectivity index (χ2v) is 7.33. The minimum atomic E-state index is 0.185. The Morgan fingerprint density at radius 1 is 0.929 bits per heavy atom. The molecule has 1 aromatic heterocycles. The summed E-state index contributed by atoms with van der Waals surface area (Å²) >= 11 is 0. The standard InChI is InChI=1S/C22H25N5O/c1-25(2)20-10-11-21(24-23-20)26-12-14-27(15-13-26)22(28)16-18-8-5-7-17-6-3-4-9-19(17)18/h3-11H,12-16H2,1-2H3. The lowest BCUT2D eigenvalue weighted by molar-refractivity contribution is -0.130. The van der Waals surface area contributed by atoms with Crippen LogP contribution in [-0.2, 0) is 11.2 Å². The minimum absolute atomic E-state index is 0.185. The maximum Gasteiger partial charge on any atom is 0.227 e. The van der Waals surface area contributed by atoms with E-state index in [2.05, 4.69) is 39.4 Å². The van der Waals surface area contributed by atoms with E-state index in [0.29, 0.717) is 19.5 Å². The SMILES string of the molecule is CN(C)c1ccc(N2CCN(C(=O)Cc3cccc4ccccc34)CC2)nn1. The summed E-state index contributed by atoms with van der Waals surface area (Å²) in [6.07, 6.45) is 0.443. The van der Waals surface area contributed by atoms with E-state index in [1.807, 2.05) is 54.2 Å². The maximum atomic E-state index is 12.8. The van der Waals surface area contributed by atoms with Crippen molar-refractivity contribution in [3.05, 3.63) is 60.2 Å². The van der Waals surface area contributed by atoms with Crippen LogP contribution in [0, 0.1) is 0 Å². The largest absolute Gasteiger partial charge is 0.361 e. The first kappa shape index (κ1) is 18.2. The van der Waals surface area contributed by atoms with Gasteiger partial charge < -0.3 is 14.7 Å². The Labute approximate surface area is 165 Å². The van der Waals surface area contributed by atoms with E-state index in [1.54, 1.807) is 0 Å². The molecule has 0 spiro atoms. The highest BCUT2D eigenvalue weighted by atomic mass is 16.2. The Hall–Kier alpha value is -3.15. The summed E-state index contributed by atoms with van der Waals surface area (Å²) in [5.74, 6) is 1.89. The second kappa shape index (κ2) is 7.84. The molecule has 144 valence electrons. The summed E-state index contributed by atoms with van der Waals surface area (Å²) in [7, 11) is 3.90. The van der Waals surface area contributed by atoms with Crippen molar-refractivity contribution in [3.8, 4) is 0 Å². The number of amides is 1. The number of benzene rings is 2. The highest BCUT2D eigenvalue weighted by molar-refractivity contribution is 5.90. The molecule has 0 saturated carbocycles. The van der Waals surface area contributed by atoms with Crippen LogP contribution in [0.4, 0.5) is 11.6 Å². The van der Waals surface area contributed by atoms with Gasteiger partial charge in [0.25, 0.3) is 0 Å². The van der Waals surface area contributed by atoms with E-state index in [-0.39, 0.29) is 5.91 Å². The van der Waals surface area contributed by atoms with E-state index in [0.717, 1.165) is 35.7 Å². The van der Waals surface area contributed by atoms with Gasteiger partial charge >= 0.3 is 0 Å². The third-order valence-corrected chi connectivity index (χ3v) is 5.27. The summed E-state index contributed by atoms with van der Waals surface area (Å²) in [4.78, 5) is 18.9. The molecule has 4 rings (SSSR count). The first-order valence-corrected chi connectivity index (χ1v) is 9.62. The van der Waals surface area contributed by atoms with E-state index >= 15 is 0 Å². The summed E-state index contributed by atoms with van der Waals surface area (Å²) < 4.78 is 0. The molecule has 28 heavy (non-hydrogen) atoms. The van der Waals surface area contributed by atoms with Gasteiger partial charge in [0.2, 0.25) is 5.91 Å². The third-order valence-electron chi connectivity index (χ3n) is 5.27. The lowest BCUT2D eigenvalue weighted by Gasteiger charge is -2.35. The number of carbonyl (C=O) groups excluding carboxylic acids is 1. The van der Waals surface area contributed by atoms with Crippen molar-refractivity contribution in [1.29, 1.82) is 0 Å². The number of anilines is 2. The predicted octanol–water partition coefficient (Wildman–Crippen LogP) is 2.59. The number of hydrogen-bond donors (Lipinski definition) is 0. The Bertz CT molecular complexity index is 957. The molecule has 2 aromatic carbocycles. The zero-order valence-corrected chi connectivity index (χ0v) is 16.4. The van der Waals surface area contributed by atoms with Gasteiger partial charge in [-0.1, -0.05) is 42.5 Å². The summed E-state index contributed by atoms with van der Waals surface area (Å²) in [5, 5.41) is 10.9. The molecule has 6 nitrogen and oxygen atoms in total. The molecule has 0 unspecified atom stereocenters. The molecule has 1 aliphatic rings. The normalized spacial score (nSPS) is 14.4. The Balaban J connectivity index is 1.38. The number of carbonyl (C=O) groups is 1. The molecule has 1 fully saturated rings. The van der Waals surface area contributed by atoms with E-state index in [1.165, 1.54) is 5.39 Å². The Morgan fingerprint density at radius 2 is 1.68 bits per heavy atom. The van der Waals surface area contributed by atoms with Gasteiger partial charge in [0.1, 0.15) is 0 Å². The molecule has 3 aromatic rings. The number of piperazine rings is 1. The van der Waals surface area contributed by atoms with Gasteiger partial charge in [0.05, 0.1) is 6.42 Å². The average Bonchev–Trinajstić information content (AvgIpc) is 2.74. The minimum Gasteiger partial charge on any atom is -0.361 e. The molecule has 0 atom stereocenters. The quantitative estimate of drug-likeness (QED) is 0.702. The first-order chi connectivity index (χ1) is 13.6. The van der Waals surface area contributed by atoms with Crippen LogP contribution in [0.1, 0.15) is 5.56 Å². The van der Waals surface area contributed by atoms with E-state index in [9.17, 15) is 4.79 Å². The van der Waals surface area contributed by atoms with Crippen molar-refractivity contribution in [2.24, 2.45) is 0 Å². The number of nitrogens with zero attached hydrogens (tertiary/aromatic N) is 5. The molecular formula is C22H25N5O. The molecule has 1 amide bonds. The summed E-state index contributed by atoms with van der Waals surface area (Å²) in [5.41, 5.74) is 1.09. The van der Waals surface area contributed by atoms with Crippen LogP contribution in [0.15, 0.2) is 54.6 Å². The fraction of sp³-hybridized carbons (Fsp3) is 0.318. The number of rotatable bonds is 4. The fourth-order valence-corrected chi connectivity index (χ4v) is 3.63. The zero-order valence-electron chi connectivity index (χ0n) is 16.4. The van der Waals surface area contributed by atoms with Crippen molar-refractivity contribution in [2.45, 2.75) is 6.42 Å². The van der Waals surface area contributed by atoms with Crippen LogP contribution in [0.5, 0.6) is 0 Å². The summed E-state index contributed by atoms with van der Waals surface area (Å²) in [6.45, 7) is 2.97. The van der Waals surface area contributed by atoms with Gasteiger partial charge in [0.15, 0.2) is 11.6 Å².